The fourth-order valence-corrected chi connectivity index (χ4v) is 4.90. The average Bonchev–Trinajstić information content (AvgIpc) is 3.11. The van der Waals surface area contributed by atoms with E-state index in [-0.39, 0.29) is 23.2 Å². The van der Waals surface area contributed by atoms with E-state index in [4.69, 9.17) is 14.6 Å². The Morgan fingerprint density at radius 2 is 1.97 bits per heavy atom. The van der Waals surface area contributed by atoms with Crippen LogP contribution in [0.1, 0.15) is 71.3 Å². The van der Waals surface area contributed by atoms with Gasteiger partial charge < -0.3 is 14.8 Å². The fraction of sp³-hybridized carbons (Fsp3) is 0.577. The van der Waals surface area contributed by atoms with E-state index in [1.165, 1.54) is 5.56 Å². The average molecular weight is 454 g/mol. The molecule has 1 unspecified atom stereocenters. The molecule has 1 aromatic heterocycles. The molecule has 0 aliphatic carbocycles. The van der Waals surface area contributed by atoms with Crippen LogP contribution in [0.5, 0.6) is 0 Å². The number of hydrogen-bond acceptors (Lipinski definition) is 5. The molecule has 0 radical (unpaired) electrons. The highest BCUT2D eigenvalue weighted by Gasteiger charge is 2.39. The maximum Gasteiger partial charge on any atom is 0.338 e. The Bertz CT molecular complexity index is 990. The molecule has 7 heteroatoms. The zero-order valence-corrected chi connectivity index (χ0v) is 20.0. The van der Waals surface area contributed by atoms with Crippen LogP contribution in [0.25, 0.3) is 0 Å². The summed E-state index contributed by atoms with van der Waals surface area (Å²) in [6.07, 6.45) is 4.31. The van der Waals surface area contributed by atoms with E-state index in [0.29, 0.717) is 37.4 Å². The monoisotopic (exact) mass is 453 g/mol. The van der Waals surface area contributed by atoms with Crippen molar-refractivity contribution in [1.82, 2.24) is 15.1 Å². The molecule has 2 aromatic rings. The molecule has 7 nitrogen and oxygen atoms in total. The molecule has 33 heavy (non-hydrogen) atoms. The molecule has 0 saturated carbocycles. The van der Waals surface area contributed by atoms with Gasteiger partial charge in [-0.1, -0.05) is 26.0 Å². The maximum atomic E-state index is 13.0. The smallest absolute Gasteiger partial charge is 0.338 e. The van der Waals surface area contributed by atoms with Crippen molar-refractivity contribution in [2.45, 2.75) is 59.4 Å². The van der Waals surface area contributed by atoms with Crippen LogP contribution in [0, 0.1) is 11.3 Å². The number of fused-ring (bicyclic) bond motifs is 1. The zero-order valence-electron chi connectivity index (χ0n) is 20.0. The number of carbonyl (C=O) groups is 2. The standard InChI is InChI=1S/C26H35N3O4/c1-4-19-6-8-20(9-7-19)25(31)33-16-18(3)14-22-21-15-26(10-12-32-13-11-26)17-27-24(30)23(21)29(5-2)28-22/h6-9,18H,4-5,10-17H2,1-3H3,(H,27,30). The van der Waals surface area contributed by atoms with Gasteiger partial charge in [0.05, 0.1) is 17.9 Å². The third kappa shape index (κ3) is 5.13. The Labute approximate surface area is 195 Å². The molecule has 1 spiro atoms. The van der Waals surface area contributed by atoms with Crippen LogP contribution < -0.4 is 5.32 Å². The van der Waals surface area contributed by atoms with E-state index in [0.717, 1.165) is 50.2 Å². The fourth-order valence-electron chi connectivity index (χ4n) is 4.90. The lowest BCUT2D eigenvalue weighted by Crippen LogP contribution is -2.40. The highest BCUT2D eigenvalue weighted by Crippen LogP contribution is 2.38. The first-order valence-electron chi connectivity index (χ1n) is 12.1. The predicted molar refractivity (Wildman–Crippen MR) is 125 cm³/mol. The van der Waals surface area contributed by atoms with Gasteiger partial charge in [0, 0.05) is 31.9 Å². The van der Waals surface area contributed by atoms with Crippen LogP contribution in [0.15, 0.2) is 24.3 Å². The van der Waals surface area contributed by atoms with Gasteiger partial charge in [-0.05, 0) is 68.1 Å². The maximum absolute atomic E-state index is 13.0. The molecule has 2 aliphatic rings. The highest BCUT2D eigenvalue weighted by atomic mass is 16.5. The minimum absolute atomic E-state index is 0.0237. The van der Waals surface area contributed by atoms with Gasteiger partial charge in [-0.2, -0.15) is 5.10 Å². The van der Waals surface area contributed by atoms with Crippen molar-refractivity contribution in [2.24, 2.45) is 11.3 Å². The number of amides is 1. The van der Waals surface area contributed by atoms with Gasteiger partial charge in [-0.25, -0.2) is 4.79 Å². The van der Waals surface area contributed by atoms with Crippen molar-refractivity contribution < 1.29 is 19.1 Å². The Morgan fingerprint density at radius 1 is 1.24 bits per heavy atom. The normalized spacial score (nSPS) is 18.3. The first-order chi connectivity index (χ1) is 15.9. The van der Waals surface area contributed by atoms with Crippen LogP contribution in [0.4, 0.5) is 0 Å². The number of nitrogens with one attached hydrogen (secondary N) is 1. The van der Waals surface area contributed by atoms with Gasteiger partial charge in [0.2, 0.25) is 0 Å². The number of carbonyl (C=O) groups excluding carboxylic acids is 2. The molecule has 0 bridgehead atoms. The second-order valence-corrected chi connectivity index (χ2v) is 9.52. The van der Waals surface area contributed by atoms with E-state index in [9.17, 15) is 9.59 Å². The van der Waals surface area contributed by atoms with E-state index in [1.54, 1.807) is 0 Å². The minimum atomic E-state index is -0.303. The molecule has 1 amide bonds. The molecule has 1 N–H and O–H groups in total. The molecular weight excluding hydrogens is 418 g/mol. The second kappa shape index (κ2) is 10.1. The minimum Gasteiger partial charge on any atom is -0.462 e. The van der Waals surface area contributed by atoms with E-state index >= 15 is 0 Å². The summed E-state index contributed by atoms with van der Waals surface area (Å²) in [5.74, 6) is -0.253. The van der Waals surface area contributed by atoms with Gasteiger partial charge in [-0.15, -0.1) is 0 Å². The van der Waals surface area contributed by atoms with E-state index in [2.05, 4.69) is 19.2 Å². The quantitative estimate of drug-likeness (QED) is 0.648. The summed E-state index contributed by atoms with van der Waals surface area (Å²) in [5.41, 5.74) is 4.49. The van der Waals surface area contributed by atoms with Crippen molar-refractivity contribution in [3.63, 3.8) is 0 Å². The summed E-state index contributed by atoms with van der Waals surface area (Å²) in [6.45, 7) is 9.25. The molecule has 1 aromatic carbocycles. The number of rotatable bonds is 7. The number of aryl methyl sites for hydroxylation is 2. The van der Waals surface area contributed by atoms with Crippen LogP contribution in [0.3, 0.4) is 0 Å². The lowest BCUT2D eigenvalue weighted by Gasteiger charge is -2.36. The number of aromatic nitrogens is 2. The van der Waals surface area contributed by atoms with Crippen LogP contribution in [-0.4, -0.2) is 48.0 Å². The first-order valence-corrected chi connectivity index (χ1v) is 12.1. The first kappa shape index (κ1) is 23.5. The zero-order chi connectivity index (χ0) is 23.4. The number of esters is 1. The number of benzene rings is 1. The van der Waals surface area contributed by atoms with Crippen molar-refractivity contribution in [2.75, 3.05) is 26.4 Å². The summed E-state index contributed by atoms with van der Waals surface area (Å²) >= 11 is 0. The lowest BCUT2D eigenvalue weighted by atomic mass is 9.75. The van der Waals surface area contributed by atoms with Gasteiger partial charge >= 0.3 is 5.97 Å². The van der Waals surface area contributed by atoms with Crippen molar-refractivity contribution in [3.8, 4) is 0 Å². The summed E-state index contributed by atoms with van der Waals surface area (Å²) in [7, 11) is 0. The molecule has 4 rings (SSSR count). The van der Waals surface area contributed by atoms with Crippen LogP contribution in [0.2, 0.25) is 0 Å². The van der Waals surface area contributed by atoms with Crippen LogP contribution >= 0.6 is 0 Å². The molecule has 178 valence electrons. The molecule has 3 heterocycles. The Hall–Kier alpha value is -2.67. The van der Waals surface area contributed by atoms with Gasteiger partial charge in [0.1, 0.15) is 5.69 Å². The summed E-state index contributed by atoms with van der Waals surface area (Å²) < 4.78 is 13.0. The van der Waals surface area contributed by atoms with Crippen LogP contribution in [-0.2, 0) is 35.3 Å². The molecular formula is C26H35N3O4. The van der Waals surface area contributed by atoms with E-state index < -0.39 is 0 Å². The van der Waals surface area contributed by atoms with E-state index in [1.807, 2.05) is 35.9 Å². The molecule has 1 saturated heterocycles. The highest BCUT2D eigenvalue weighted by molar-refractivity contribution is 5.94. The van der Waals surface area contributed by atoms with Crippen molar-refractivity contribution in [1.29, 1.82) is 0 Å². The number of ether oxygens (including phenoxy) is 2. The number of nitrogens with zero attached hydrogens (tertiary/aromatic N) is 2. The largest absolute Gasteiger partial charge is 0.462 e. The Balaban J connectivity index is 1.47. The number of hydrogen-bond donors (Lipinski definition) is 1. The molecule has 2 aliphatic heterocycles. The summed E-state index contributed by atoms with van der Waals surface area (Å²) in [5, 5.41) is 7.95. The SMILES string of the molecule is CCc1ccc(C(=O)OCC(C)Cc2nn(CC)c3c2CC2(CCOCC2)CNC3=O)cc1. The van der Waals surface area contributed by atoms with Gasteiger partial charge in [0.25, 0.3) is 5.91 Å². The summed E-state index contributed by atoms with van der Waals surface area (Å²) in [6, 6.07) is 7.56. The Kier molecular flexibility index (Phi) is 7.17. The molecule has 1 fully saturated rings. The second-order valence-electron chi connectivity index (χ2n) is 9.52. The van der Waals surface area contributed by atoms with Crippen molar-refractivity contribution in [3.05, 3.63) is 52.3 Å². The summed E-state index contributed by atoms with van der Waals surface area (Å²) in [4.78, 5) is 25.4. The van der Waals surface area contributed by atoms with Gasteiger partial charge in [0.15, 0.2) is 0 Å². The topological polar surface area (TPSA) is 82.4 Å². The predicted octanol–water partition coefficient (Wildman–Crippen LogP) is 3.58. The third-order valence-corrected chi connectivity index (χ3v) is 7.02. The lowest BCUT2D eigenvalue weighted by molar-refractivity contribution is 0.0160. The third-order valence-electron chi connectivity index (χ3n) is 7.02. The van der Waals surface area contributed by atoms with Gasteiger partial charge in [-0.3, -0.25) is 9.48 Å². The van der Waals surface area contributed by atoms with Crippen molar-refractivity contribution >= 4 is 11.9 Å². The molecule has 1 atom stereocenters. The Morgan fingerprint density at radius 3 is 2.64 bits per heavy atom.